The quantitative estimate of drug-likeness (QED) is 0.868. The van der Waals surface area contributed by atoms with Gasteiger partial charge in [0.05, 0.1) is 30.4 Å². The standard InChI is InChI=1S/C13H15N3O2S/c1-16(6-9-7-19-8-15-9)13(17)11-4-3-10(18-2)5-12(11)14/h3-5,7-8H,6,14H2,1-2H3. The van der Waals surface area contributed by atoms with Crippen molar-refractivity contribution < 1.29 is 9.53 Å². The van der Waals surface area contributed by atoms with Crippen molar-refractivity contribution in [1.82, 2.24) is 9.88 Å². The Morgan fingerprint density at radius 1 is 1.53 bits per heavy atom. The predicted molar refractivity (Wildman–Crippen MR) is 75.3 cm³/mol. The smallest absolute Gasteiger partial charge is 0.256 e. The summed E-state index contributed by atoms with van der Waals surface area (Å²) in [5.41, 5.74) is 9.36. The highest BCUT2D eigenvalue weighted by molar-refractivity contribution is 7.07. The molecule has 1 amide bonds. The monoisotopic (exact) mass is 277 g/mol. The maximum absolute atomic E-state index is 12.3. The highest BCUT2D eigenvalue weighted by atomic mass is 32.1. The highest BCUT2D eigenvalue weighted by Crippen LogP contribution is 2.21. The third-order valence-corrected chi connectivity index (χ3v) is 3.35. The number of carbonyl (C=O) groups is 1. The zero-order chi connectivity index (χ0) is 13.8. The minimum atomic E-state index is -0.131. The number of nitrogen functional groups attached to an aromatic ring is 1. The fourth-order valence-electron chi connectivity index (χ4n) is 1.70. The summed E-state index contributed by atoms with van der Waals surface area (Å²) in [4.78, 5) is 18.0. The van der Waals surface area contributed by atoms with Gasteiger partial charge in [-0.25, -0.2) is 4.98 Å². The van der Waals surface area contributed by atoms with E-state index in [9.17, 15) is 4.79 Å². The molecular formula is C13H15N3O2S. The molecule has 1 heterocycles. The minimum Gasteiger partial charge on any atom is -0.497 e. The Bertz CT molecular complexity index is 569. The van der Waals surface area contributed by atoms with Crippen LogP contribution in [0.25, 0.3) is 0 Å². The van der Waals surface area contributed by atoms with E-state index in [1.165, 1.54) is 11.3 Å². The second-order valence-corrected chi connectivity index (χ2v) is 4.81. The zero-order valence-electron chi connectivity index (χ0n) is 10.8. The fourth-order valence-corrected chi connectivity index (χ4v) is 2.25. The molecule has 1 aromatic heterocycles. The first kappa shape index (κ1) is 13.4. The number of nitrogens with zero attached hydrogens (tertiary/aromatic N) is 2. The third-order valence-electron chi connectivity index (χ3n) is 2.72. The van der Waals surface area contributed by atoms with Gasteiger partial charge in [-0.15, -0.1) is 11.3 Å². The van der Waals surface area contributed by atoms with Crippen LogP contribution in [-0.4, -0.2) is 29.9 Å². The van der Waals surface area contributed by atoms with E-state index >= 15 is 0 Å². The summed E-state index contributed by atoms with van der Waals surface area (Å²) in [6.45, 7) is 0.466. The number of rotatable bonds is 4. The zero-order valence-corrected chi connectivity index (χ0v) is 11.6. The fraction of sp³-hybridized carbons (Fsp3) is 0.231. The number of methoxy groups -OCH3 is 1. The van der Waals surface area contributed by atoms with Crippen molar-refractivity contribution in [3.8, 4) is 5.75 Å². The second-order valence-electron chi connectivity index (χ2n) is 4.09. The predicted octanol–water partition coefficient (Wildman–Crippen LogP) is 2.01. The molecule has 6 heteroatoms. The average molecular weight is 277 g/mol. The minimum absolute atomic E-state index is 0.131. The number of anilines is 1. The van der Waals surface area contributed by atoms with Gasteiger partial charge in [0.25, 0.3) is 5.91 Å². The Morgan fingerprint density at radius 3 is 2.89 bits per heavy atom. The van der Waals surface area contributed by atoms with E-state index in [-0.39, 0.29) is 5.91 Å². The van der Waals surface area contributed by atoms with Gasteiger partial charge in [0.1, 0.15) is 5.75 Å². The van der Waals surface area contributed by atoms with Gasteiger partial charge in [-0.3, -0.25) is 4.79 Å². The van der Waals surface area contributed by atoms with Crippen molar-refractivity contribution in [2.45, 2.75) is 6.54 Å². The summed E-state index contributed by atoms with van der Waals surface area (Å²) < 4.78 is 5.06. The molecule has 0 aliphatic rings. The van der Waals surface area contributed by atoms with Gasteiger partial charge in [0.15, 0.2) is 0 Å². The van der Waals surface area contributed by atoms with Gasteiger partial charge >= 0.3 is 0 Å². The molecule has 0 spiro atoms. The molecule has 0 atom stereocenters. The lowest BCUT2D eigenvalue weighted by Gasteiger charge is -2.17. The van der Waals surface area contributed by atoms with Crippen LogP contribution in [0.5, 0.6) is 5.75 Å². The molecule has 0 aliphatic carbocycles. The lowest BCUT2D eigenvalue weighted by Crippen LogP contribution is -2.27. The Labute approximate surface area is 115 Å². The molecule has 0 aliphatic heterocycles. The SMILES string of the molecule is COc1ccc(C(=O)N(C)Cc2cscn2)c(N)c1. The van der Waals surface area contributed by atoms with Crippen molar-refractivity contribution in [3.05, 3.63) is 40.3 Å². The first-order valence-corrected chi connectivity index (χ1v) is 6.62. The van der Waals surface area contributed by atoms with Crippen LogP contribution < -0.4 is 10.5 Å². The molecule has 0 saturated heterocycles. The van der Waals surface area contributed by atoms with Crippen LogP contribution >= 0.6 is 11.3 Å². The van der Waals surface area contributed by atoms with Gasteiger partial charge < -0.3 is 15.4 Å². The Morgan fingerprint density at radius 2 is 2.32 bits per heavy atom. The maximum atomic E-state index is 12.3. The van der Waals surface area contributed by atoms with Gasteiger partial charge in [0, 0.05) is 24.2 Å². The van der Waals surface area contributed by atoms with Crippen LogP contribution in [0.3, 0.4) is 0 Å². The van der Waals surface area contributed by atoms with Crippen molar-refractivity contribution in [2.24, 2.45) is 0 Å². The number of hydrogen-bond acceptors (Lipinski definition) is 5. The number of thiazole rings is 1. The van der Waals surface area contributed by atoms with Crippen LogP contribution in [-0.2, 0) is 6.54 Å². The molecule has 1 aromatic carbocycles. The highest BCUT2D eigenvalue weighted by Gasteiger charge is 2.16. The van der Waals surface area contributed by atoms with Gasteiger partial charge in [0.2, 0.25) is 0 Å². The van der Waals surface area contributed by atoms with Crippen molar-refractivity contribution >= 4 is 22.9 Å². The summed E-state index contributed by atoms with van der Waals surface area (Å²) in [6, 6.07) is 5.04. The molecule has 5 nitrogen and oxygen atoms in total. The van der Waals surface area contributed by atoms with E-state index < -0.39 is 0 Å². The lowest BCUT2D eigenvalue weighted by atomic mass is 10.1. The number of carbonyl (C=O) groups excluding carboxylic acids is 1. The lowest BCUT2D eigenvalue weighted by molar-refractivity contribution is 0.0784. The van der Waals surface area contributed by atoms with Gasteiger partial charge in [-0.2, -0.15) is 0 Å². The Hall–Kier alpha value is -2.08. The molecule has 0 saturated carbocycles. The van der Waals surface area contributed by atoms with E-state index in [0.29, 0.717) is 23.5 Å². The van der Waals surface area contributed by atoms with Crippen molar-refractivity contribution in [1.29, 1.82) is 0 Å². The number of benzene rings is 1. The van der Waals surface area contributed by atoms with E-state index in [1.807, 2.05) is 5.38 Å². The number of aromatic nitrogens is 1. The summed E-state index contributed by atoms with van der Waals surface area (Å²) in [5.74, 6) is 0.504. The van der Waals surface area contributed by atoms with Crippen LogP contribution in [0, 0.1) is 0 Å². The molecule has 0 unspecified atom stereocenters. The van der Waals surface area contributed by atoms with Crippen LogP contribution in [0.1, 0.15) is 16.1 Å². The molecule has 0 bridgehead atoms. The molecule has 19 heavy (non-hydrogen) atoms. The van der Waals surface area contributed by atoms with Crippen molar-refractivity contribution in [3.63, 3.8) is 0 Å². The molecule has 0 fully saturated rings. The van der Waals surface area contributed by atoms with Gasteiger partial charge in [-0.05, 0) is 12.1 Å². The maximum Gasteiger partial charge on any atom is 0.256 e. The summed E-state index contributed by atoms with van der Waals surface area (Å²) in [6.07, 6.45) is 0. The average Bonchev–Trinajstić information content (AvgIpc) is 2.90. The van der Waals surface area contributed by atoms with Crippen LogP contribution in [0.2, 0.25) is 0 Å². The molecule has 100 valence electrons. The topological polar surface area (TPSA) is 68.5 Å². The second kappa shape index (κ2) is 5.71. The van der Waals surface area contributed by atoms with Gasteiger partial charge in [-0.1, -0.05) is 0 Å². The Balaban J connectivity index is 2.14. The summed E-state index contributed by atoms with van der Waals surface area (Å²) >= 11 is 1.51. The molecule has 2 aromatic rings. The first-order valence-electron chi connectivity index (χ1n) is 5.68. The number of amides is 1. The first-order chi connectivity index (χ1) is 9.11. The van der Waals surface area contributed by atoms with E-state index in [1.54, 1.807) is 42.8 Å². The molecule has 0 radical (unpaired) electrons. The summed E-state index contributed by atoms with van der Waals surface area (Å²) in [5, 5.41) is 1.92. The van der Waals surface area contributed by atoms with E-state index in [0.717, 1.165) is 5.69 Å². The Kier molecular flexibility index (Phi) is 4.01. The number of ether oxygens (including phenoxy) is 1. The largest absolute Gasteiger partial charge is 0.497 e. The number of hydrogen-bond donors (Lipinski definition) is 1. The third kappa shape index (κ3) is 3.03. The van der Waals surface area contributed by atoms with Crippen molar-refractivity contribution in [2.75, 3.05) is 19.9 Å². The molecular weight excluding hydrogens is 262 g/mol. The van der Waals surface area contributed by atoms with Crippen LogP contribution in [0.15, 0.2) is 29.1 Å². The normalized spacial score (nSPS) is 10.2. The number of nitrogens with two attached hydrogens (primary N) is 1. The summed E-state index contributed by atoms with van der Waals surface area (Å²) in [7, 11) is 3.29. The van der Waals surface area contributed by atoms with E-state index in [4.69, 9.17) is 10.5 Å². The molecule has 2 rings (SSSR count). The van der Waals surface area contributed by atoms with E-state index in [2.05, 4.69) is 4.98 Å². The van der Waals surface area contributed by atoms with Crippen LogP contribution in [0.4, 0.5) is 5.69 Å². The molecule has 2 N–H and O–H groups in total.